The Labute approximate surface area is 129 Å². The molecule has 0 spiro atoms. The fourth-order valence-corrected chi connectivity index (χ4v) is 2.98. The molecule has 1 unspecified atom stereocenters. The number of nitrogens with zero attached hydrogens (tertiary/aromatic N) is 2. The van der Waals surface area contributed by atoms with Gasteiger partial charge in [-0.3, -0.25) is 4.79 Å². The zero-order valence-electron chi connectivity index (χ0n) is 12.8. The van der Waals surface area contributed by atoms with Gasteiger partial charge in [-0.1, -0.05) is 29.5 Å². The summed E-state index contributed by atoms with van der Waals surface area (Å²) in [5.41, 5.74) is 1.17. The minimum atomic E-state index is 0.0598. The number of carbonyl (C=O) groups is 1. The van der Waals surface area contributed by atoms with Crippen molar-refractivity contribution in [2.24, 2.45) is 0 Å². The van der Waals surface area contributed by atoms with Gasteiger partial charge in [-0.25, -0.2) is 4.98 Å². The average molecular weight is 304 g/mol. The van der Waals surface area contributed by atoms with Gasteiger partial charge >= 0.3 is 0 Å². The number of ether oxygens (including phenoxy) is 1. The lowest BCUT2D eigenvalue weighted by Gasteiger charge is -2.25. The zero-order chi connectivity index (χ0) is 15.4. The number of ketones is 1. The first-order valence-corrected chi connectivity index (χ1v) is 7.66. The summed E-state index contributed by atoms with van der Waals surface area (Å²) in [6, 6.07) is 8.29. The molecule has 1 atom stereocenters. The molecule has 0 N–H and O–H groups in total. The molecule has 1 aromatic heterocycles. The minimum absolute atomic E-state index is 0.0598. The second kappa shape index (κ2) is 6.72. The largest absolute Gasteiger partial charge is 0.496 e. The van der Waals surface area contributed by atoms with Gasteiger partial charge in [0.15, 0.2) is 10.9 Å². The predicted molar refractivity (Wildman–Crippen MR) is 86.7 cm³/mol. The van der Waals surface area contributed by atoms with Crippen LogP contribution in [0, 0.1) is 0 Å². The molecule has 0 saturated carbocycles. The molecule has 0 aliphatic rings. The first-order valence-electron chi connectivity index (χ1n) is 6.84. The highest BCUT2D eigenvalue weighted by Crippen LogP contribution is 2.26. The number of hydrogen-bond donors (Lipinski definition) is 0. The molecule has 2 aromatic rings. The number of rotatable bonds is 6. The first kappa shape index (κ1) is 15.5. The Morgan fingerprint density at radius 1 is 1.43 bits per heavy atom. The maximum absolute atomic E-state index is 11.4. The molecule has 0 amide bonds. The van der Waals surface area contributed by atoms with E-state index in [0.717, 1.165) is 17.3 Å². The number of likely N-dealkylation sites (N-methyl/N-ethyl adjacent to an activating group) is 1. The summed E-state index contributed by atoms with van der Waals surface area (Å²) < 4.78 is 5.39. The molecule has 2 rings (SSSR count). The van der Waals surface area contributed by atoms with E-state index in [2.05, 4.69) is 22.9 Å². The van der Waals surface area contributed by atoms with Crippen LogP contribution >= 0.6 is 11.3 Å². The summed E-state index contributed by atoms with van der Waals surface area (Å²) in [5.74, 6) is 0.964. The summed E-state index contributed by atoms with van der Waals surface area (Å²) in [4.78, 5) is 18.5. The molecule has 21 heavy (non-hydrogen) atoms. The Bertz CT molecular complexity index is 624. The molecule has 0 saturated heterocycles. The second-order valence-corrected chi connectivity index (χ2v) is 6.05. The molecule has 5 heteroatoms. The maximum Gasteiger partial charge on any atom is 0.185 e. The smallest absolute Gasteiger partial charge is 0.185 e. The van der Waals surface area contributed by atoms with Crippen LogP contribution < -0.4 is 9.64 Å². The Kier molecular flexibility index (Phi) is 4.96. The van der Waals surface area contributed by atoms with E-state index < -0.39 is 0 Å². The molecular weight excluding hydrogens is 284 g/mol. The molecule has 112 valence electrons. The molecule has 1 heterocycles. The maximum atomic E-state index is 11.4. The normalized spacial score (nSPS) is 12.0. The van der Waals surface area contributed by atoms with E-state index in [1.807, 2.05) is 25.2 Å². The minimum Gasteiger partial charge on any atom is -0.496 e. The first-order chi connectivity index (χ1) is 10.0. The van der Waals surface area contributed by atoms with Gasteiger partial charge in [0.1, 0.15) is 5.75 Å². The highest BCUT2D eigenvalue weighted by atomic mass is 32.1. The van der Waals surface area contributed by atoms with Crippen molar-refractivity contribution in [1.82, 2.24) is 4.98 Å². The van der Waals surface area contributed by atoms with E-state index in [-0.39, 0.29) is 11.8 Å². The Morgan fingerprint density at radius 2 is 2.14 bits per heavy atom. The van der Waals surface area contributed by atoms with Gasteiger partial charge < -0.3 is 9.64 Å². The van der Waals surface area contributed by atoms with Crippen LogP contribution in [-0.4, -0.2) is 31.0 Å². The monoisotopic (exact) mass is 304 g/mol. The standard InChI is InChI=1S/C16H20N2O2S/c1-11(9-13-7-5-6-8-14(13)20-4)18(3)16-17-10-15(21-16)12(2)19/h5-8,10-11H,9H2,1-4H3. The average Bonchev–Trinajstić information content (AvgIpc) is 2.97. The summed E-state index contributed by atoms with van der Waals surface area (Å²) in [5, 5.41) is 0.864. The predicted octanol–water partition coefficient (Wildman–Crippen LogP) is 3.42. The summed E-state index contributed by atoms with van der Waals surface area (Å²) in [6.45, 7) is 3.71. The molecule has 1 aromatic carbocycles. The topological polar surface area (TPSA) is 42.4 Å². The number of thiazole rings is 1. The van der Waals surface area contributed by atoms with Crippen molar-refractivity contribution in [3.05, 3.63) is 40.9 Å². The van der Waals surface area contributed by atoms with Gasteiger partial charge in [-0.15, -0.1) is 0 Å². The third-order valence-corrected chi connectivity index (χ3v) is 4.70. The van der Waals surface area contributed by atoms with E-state index >= 15 is 0 Å². The highest BCUT2D eigenvalue weighted by Gasteiger charge is 2.16. The third-order valence-electron chi connectivity index (χ3n) is 3.51. The van der Waals surface area contributed by atoms with Crippen LogP contribution in [0.5, 0.6) is 5.75 Å². The van der Waals surface area contributed by atoms with Crippen molar-refractivity contribution in [2.45, 2.75) is 26.3 Å². The van der Waals surface area contributed by atoms with Crippen molar-refractivity contribution >= 4 is 22.3 Å². The van der Waals surface area contributed by atoms with Crippen LogP contribution in [0.15, 0.2) is 30.5 Å². The van der Waals surface area contributed by atoms with Crippen molar-refractivity contribution < 1.29 is 9.53 Å². The number of Topliss-reactive ketones (excluding diaryl/α,β-unsaturated/α-hetero) is 1. The van der Waals surface area contributed by atoms with Gasteiger partial charge in [0.2, 0.25) is 0 Å². The molecule has 0 bridgehead atoms. The lowest BCUT2D eigenvalue weighted by molar-refractivity contribution is 0.102. The molecule has 0 aliphatic carbocycles. The van der Waals surface area contributed by atoms with E-state index in [9.17, 15) is 4.79 Å². The fraction of sp³-hybridized carbons (Fsp3) is 0.375. The van der Waals surface area contributed by atoms with Crippen LogP contribution in [0.1, 0.15) is 29.1 Å². The Balaban J connectivity index is 2.11. The molecule has 0 fully saturated rings. The second-order valence-electron chi connectivity index (χ2n) is 5.04. The van der Waals surface area contributed by atoms with Crippen molar-refractivity contribution in [1.29, 1.82) is 0 Å². The lowest BCUT2D eigenvalue weighted by atomic mass is 10.1. The van der Waals surface area contributed by atoms with Crippen molar-refractivity contribution in [3.63, 3.8) is 0 Å². The highest BCUT2D eigenvalue weighted by molar-refractivity contribution is 7.17. The van der Waals surface area contributed by atoms with E-state index in [1.54, 1.807) is 20.2 Å². The number of benzene rings is 1. The van der Waals surface area contributed by atoms with E-state index in [4.69, 9.17) is 4.74 Å². The van der Waals surface area contributed by atoms with E-state index in [0.29, 0.717) is 4.88 Å². The van der Waals surface area contributed by atoms with Gasteiger partial charge in [-0.2, -0.15) is 0 Å². The van der Waals surface area contributed by atoms with Crippen LogP contribution in [-0.2, 0) is 6.42 Å². The van der Waals surface area contributed by atoms with Crippen LogP contribution in [0.3, 0.4) is 0 Å². The molecular formula is C16H20N2O2S. The van der Waals surface area contributed by atoms with Crippen molar-refractivity contribution in [2.75, 3.05) is 19.1 Å². The fourth-order valence-electron chi connectivity index (χ4n) is 2.11. The number of aromatic nitrogens is 1. The van der Waals surface area contributed by atoms with Gasteiger partial charge in [0.25, 0.3) is 0 Å². The Hall–Kier alpha value is -1.88. The van der Waals surface area contributed by atoms with Crippen LogP contribution in [0.4, 0.5) is 5.13 Å². The van der Waals surface area contributed by atoms with Crippen LogP contribution in [0.2, 0.25) is 0 Å². The molecule has 0 radical (unpaired) electrons. The Morgan fingerprint density at radius 3 is 2.76 bits per heavy atom. The van der Waals surface area contributed by atoms with Gasteiger partial charge in [0, 0.05) is 20.0 Å². The van der Waals surface area contributed by atoms with E-state index in [1.165, 1.54) is 16.9 Å². The molecule has 0 aliphatic heterocycles. The molecule has 4 nitrogen and oxygen atoms in total. The van der Waals surface area contributed by atoms with Crippen LogP contribution in [0.25, 0.3) is 0 Å². The quantitative estimate of drug-likeness (QED) is 0.767. The van der Waals surface area contributed by atoms with Crippen molar-refractivity contribution in [3.8, 4) is 5.75 Å². The van der Waals surface area contributed by atoms with Gasteiger partial charge in [-0.05, 0) is 25.0 Å². The lowest BCUT2D eigenvalue weighted by Crippen LogP contribution is -2.30. The summed E-state index contributed by atoms with van der Waals surface area (Å²) >= 11 is 1.43. The SMILES string of the molecule is COc1ccccc1CC(C)N(C)c1ncc(C(C)=O)s1. The third kappa shape index (κ3) is 3.61. The van der Waals surface area contributed by atoms with Gasteiger partial charge in [0.05, 0.1) is 18.2 Å². The summed E-state index contributed by atoms with van der Waals surface area (Å²) in [6.07, 6.45) is 2.50. The summed E-state index contributed by atoms with van der Waals surface area (Å²) in [7, 11) is 3.69. The number of anilines is 1. The number of para-hydroxylation sites is 1. The number of methoxy groups -OCH3 is 1. The zero-order valence-corrected chi connectivity index (χ0v) is 13.6. The number of carbonyl (C=O) groups excluding carboxylic acids is 1. The number of hydrogen-bond acceptors (Lipinski definition) is 5.